The summed E-state index contributed by atoms with van der Waals surface area (Å²) >= 11 is 6.99. The number of ether oxygens (including phenoxy) is 5. The molecule has 1 saturated carbocycles. The molecule has 0 heterocycles. The molecule has 5 aromatic rings. The molecule has 0 aromatic heterocycles. The van der Waals surface area contributed by atoms with E-state index in [4.69, 9.17) is 35.3 Å². The smallest absolute Gasteiger partial charge is 0.119 e. The van der Waals surface area contributed by atoms with Gasteiger partial charge >= 0.3 is 0 Å². The first-order valence-electron chi connectivity index (χ1n) is 20.0. The maximum absolute atomic E-state index is 7.11. The van der Waals surface area contributed by atoms with E-state index in [1.165, 1.54) is 11.1 Å². The molecule has 56 heavy (non-hydrogen) atoms. The Labute approximate surface area is 337 Å². The summed E-state index contributed by atoms with van der Waals surface area (Å²) in [4.78, 5) is 0. The van der Waals surface area contributed by atoms with Crippen molar-refractivity contribution in [2.75, 3.05) is 13.2 Å². The Kier molecular flexibility index (Phi) is 14.6. The highest BCUT2D eigenvalue weighted by atomic mass is 35.5. The summed E-state index contributed by atoms with van der Waals surface area (Å²) in [7, 11) is 0. The van der Waals surface area contributed by atoms with E-state index in [1.807, 2.05) is 43.3 Å². The van der Waals surface area contributed by atoms with Crippen molar-refractivity contribution < 1.29 is 23.7 Å². The first-order valence-corrected chi connectivity index (χ1v) is 20.4. The third kappa shape index (κ3) is 11.1. The van der Waals surface area contributed by atoms with Crippen LogP contribution in [0.4, 0.5) is 0 Å². The number of rotatable bonds is 18. The van der Waals surface area contributed by atoms with E-state index in [2.05, 4.69) is 121 Å². The number of halogens is 1. The topological polar surface area (TPSA) is 46.2 Å². The van der Waals surface area contributed by atoms with Crippen LogP contribution in [0.2, 0.25) is 0 Å². The maximum atomic E-state index is 7.11. The van der Waals surface area contributed by atoms with Crippen LogP contribution < -0.4 is 4.74 Å². The Bertz CT molecular complexity index is 1950. The Morgan fingerprint density at radius 2 is 1.05 bits per heavy atom. The van der Waals surface area contributed by atoms with Crippen LogP contribution in [0.15, 0.2) is 168 Å². The average molecular weight is 769 g/mol. The molecule has 290 valence electrons. The van der Waals surface area contributed by atoms with Crippen LogP contribution in [0.3, 0.4) is 0 Å². The molecule has 0 aliphatic heterocycles. The predicted octanol–water partition coefficient (Wildman–Crippen LogP) is 11.3. The van der Waals surface area contributed by atoms with E-state index in [0.29, 0.717) is 39.6 Å². The molecule has 0 bridgehead atoms. The molecule has 2 aliphatic rings. The molecule has 6 heteroatoms. The molecule has 6 atom stereocenters. The monoisotopic (exact) mass is 768 g/mol. The summed E-state index contributed by atoms with van der Waals surface area (Å²) in [5, 5.41) is 0.816. The van der Waals surface area contributed by atoms with Crippen LogP contribution in [0.5, 0.6) is 5.75 Å². The van der Waals surface area contributed by atoms with Crippen molar-refractivity contribution in [3.63, 3.8) is 0 Å². The molecule has 0 radical (unpaired) electrons. The van der Waals surface area contributed by atoms with Crippen molar-refractivity contribution in [3.8, 4) is 5.75 Å². The van der Waals surface area contributed by atoms with Gasteiger partial charge in [0.25, 0.3) is 0 Å². The largest absolute Gasteiger partial charge is 0.494 e. The zero-order chi connectivity index (χ0) is 38.4. The second-order valence-corrected chi connectivity index (χ2v) is 15.3. The minimum absolute atomic E-state index is 0.0501. The van der Waals surface area contributed by atoms with E-state index in [1.54, 1.807) is 0 Å². The molecule has 1 unspecified atom stereocenters. The van der Waals surface area contributed by atoms with Gasteiger partial charge in [0.15, 0.2) is 0 Å². The van der Waals surface area contributed by atoms with Crippen molar-refractivity contribution in [2.45, 2.75) is 70.9 Å². The number of hydrogen-bond acceptors (Lipinski definition) is 5. The fourth-order valence-electron chi connectivity index (χ4n) is 8.08. The van der Waals surface area contributed by atoms with E-state index in [9.17, 15) is 0 Å². The quantitative estimate of drug-likeness (QED) is 0.0888. The van der Waals surface area contributed by atoms with Gasteiger partial charge in [-0.25, -0.2) is 0 Å². The molecule has 0 saturated heterocycles. The SMILES string of the molecule is CCOc1ccc(CC2=C(Cl)C=CC([C@@H]3C[C@H](COCc4ccccc4)[C@@H](OCc4ccccc4)[C@H](OCc4ccccc4)[C@H]3OCc3ccccc3)C2)cc1. The molecule has 5 aromatic carbocycles. The van der Waals surface area contributed by atoms with Crippen LogP contribution in [-0.4, -0.2) is 31.5 Å². The van der Waals surface area contributed by atoms with Crippen molar-refractivity contribution in [2.24, 2.45) is 17.8 Å². The zero-order valence-corrected chi connectivity index (χ0v) is 33.0. The second kappa shape index (κ2) is 20.6. The first kappa shape index (κ1) is 39.7. The molecule has 2 aliphatic carbocycles. The molecule has 0 spiro atoms. The standard InChI is InChI=1S/C50H53ClO5/c1-2-53-45-26-23-37(24-27-45)29-43-30-42(25-28-47(43)51)46-31-44(36-52-32-38-15-7-3-8-16-38)48(54-33-39-17-9-4-10-18-39)50(56-35-41-21-13-6-14-22-41)49(46)55-34-40-19-11-5-12-20-40/h3-28,42,44,46,48-50H,2,29-36H2,1H3/t42?,44-,46+,48-,49+,50+/m1/s1. The third-order valence-electron chi connectivity index (χ3n) is 10.9. The Hall–Kier alpha value is -4.49. The van der Waals surface area contributed by atoms with Crippen LogP contribution in [0, 0.1) is 17.8 Å². The summed E-state index contributed by atoms with van der Waals surface area (Å²) in [6.07, 6.45) is 5.95. The first-order chi connectivity index (χ1) is 27.6. The Balaban J connectivity index is 1.21. The van der Waals surface area contributed by atoms with E-state index in [-0.39, 0.29) is 36.1 Å². The Morgan fingerprint density at radius 3 is 1.59 bits per heavy atom. The summed E-state index contributed by atoms with van der Waals surface area (Å²) in [5.74, 6) is 1.21. The van der Waals surface area contributed by atoms with Crippen LogP contribution >= 0.6 is 11.6 Å². The van der Waals surface area contributed by atoms with Gasteiger partial charge in [-0.2, -0.15) is 0 Å². The van der Waals surface area contributed by atoms with Gasteiger partial charge in [-0.15, -0.1) is 0 Å². The molecule has 1 fully saturated rings. The van der Waals surface area contributed by atoms with Gasteiger partial charge in [0.1, 0.15) is 11.9 Å². The predicted molar refractivity (Wildman–Crippen MR) is 224 cm³/mol. The van der Waals surface area contributed by atoms with Crippen molar-refractivity contribution in [1.82, 2.24) is 0 Å². The number of allylic oxidation sites excluding steroid dienone is 4. The summed E-state index contributed by atoms with van der Waals surface area (Å²) < 4.78 is 33.5. The molecule has 0 N–H and O–H groups in total. The van der Waals surface area contributed by atoms with Gasteiger partial charge in [-0.3, -0.25) is 0 Å². The van der Waals surface area contributed by atoms with E-state index in [0.717, 1.165) is 52.3 Å². The van der Waals surface area contributed by atoms with Gasteiger partial charge in [-0.1, -0.05) is 151 Å². The average Bonchev–Trinajstić information content (AvgIpc) is 3.25. The fourth-order valence-corrected chi connectivity index (χ4v) is 8.30. The van der Waals surface area contributed by atoms with E-state index < -0.39 is 0 Å². The highest BCUT2D eigenvalue weighted by Gasteiger charge is 2.49. The fraction of sp³-hybridized carbons (Fsp3) is 0.320. The lowest BCUT2D eigenvalue weighted by molar-refractivity contribution is -0.216. The van der Waals surface area contributed by atoms with Crippen LogP contribution in [-0.2, 0) is 51.8 Å². The highest BCUT2D eigenvalue weighted by Crippen LogP contribution is 2.45. The lowest BCUT2D eigenvalue weighted by Gasteiger charge is -2.48. The van der Waals surface area contributed by atoms with Gasteiger partial charge in [0.2, 0.25) is 0 Å². The van der Waals surface area contributed by atoms with Gasteiger partial charge in [-0.05, 0) is 89.6 Å². The lowest BCUT2D eigenvalue weighted by Crippen LogP contribution is -2.56. The number of benzene rings is 5. The Morgan fingerprint density at radius 1 is 0.554 bits per heavy atom. The molecule has 5 nitrogen and oxygen atoms in total. The van der Waals surface area contributed by atoms with Crippen molar-refractivity contribution in [3.05, 3.63) is 196 Å². The highest BCUT2D eigenvalue weighted by molar-refractivity contribution is 6.31. The maximum Gasteiger partial charge on any atom is 0.119 e. The minimum atomic E-state index is -0.365. The molecule has 7 rings (SSSR count). The second-order valence-electron chi connectivity index (χ2n) is 14.9. The summed E-state index contributed by atoms with van der Waals surface area (Å²) in [6, 6.07) is 50.0. The third-order valence-corrected chi connectivity index (χ3v) is 11.3. The lowest BCUT2D eigenvalue weighted by atomic mass is 9.68. The molecule has 0 amide bonds. The van der Waals surface area contributed by atoms with Crippen molar-refractivity contribution >= 4 is 11.6 Å². The minimum Gasteiger partial charge on any atom is -0.494 e. The molecular weight excluding hydrogens is 716 g/mol. The van der Waals surface area contributed by atoms with Crippen molar-refractivity contribution in [1.29, 1.82) is 0 Å². The van der Waals surface area contributed by atoms with E-state index >= 15 is 0 Å². The van der Waals surface area contributed by atoms with Gasteiger partial charge in [0, 0.05) is 11.0 Å². The molecular formula is C50H53ClO5. The van der Waals surface area contributed by atoms with Gasteiger partial charge in [0.05, 0.1) is 51.8 Å². The zero-order valence-electron chi connectivity index (χ0n) is 32.3. The normalized spacial score (nSPS) is 22.2. The van der Waals surface area contributed by atoms with Crippen LogP contribution in [0.25, 0.3) is 0 Å². The summed E-state index contributed by atoms with van der Waals surface area (Å²) in [6.45, 7) is 5.10. The van der Waals surface area contributed by atoms with Crippen LogP contribution in [0.1, 0.15) is 47.6 Å². The summed E-state index contributed by atoms with van der Waals surface area (Å²) in [5.41, 5.74) is 6.95. The van der Waals surface area contributed by atoms with Gasteiger partial charge < -0.3 is 23.7 Å². The number of hydrogen-bond donors (Lipinski definition) is 0.